The van der Waals surface area contributed by atoms with Crippen LogP contribution in [0, 0.1) is 13.8 Å². The lowest BCUT2D eigenvalue weighted by atomic mass is 9.97. The summed E-state index contributed by atoms with van der Waals surface area (Å²) in [6.45, 7) is 8.14. The predicted octanol–water partition coefficient (Wildman–Crippen LogP) is 3.55. The summed E-state index contributed by atoms with van der Waals surface area (Å²) in [5.41, 5.74) is 4.94. The van der Waals surface area contributed by atoms with Gasteiger partial charge in [-0.2, -0.15) is 0 Å². The number of nitrogens with zero attached hydrogens (tertiary/aromatic N) is 2. The molecule has 0 unspecified atom stereocenters. The van der Waals surface area contributed by atoms with Gasteiger partial charge in [0.15, 0.2) is 0 Å². The van der Waals surface area contributed by atoms with Gasteiger partial charge in [0.2, 0.25) is 5.91 Å². The molecule has 0 aromatic heterocycles. The number of ether oxygens (including phenoxy) is 1. The minimum Gasteiger partial charge on any atom is -0.379 e. The molecule has 4 rings (SSSR count). The molecule has 2 aromatic rings. The van der Waals surface area contributed by atoms with E-state index >= 15 is 0 Å². The Bertz CT molecular complexity index is 953. The number of hydrogen-bond acceptors (Lipinski definition) is 4. The first-order valence-corrected chi connectivity index (χ1v) is 11.1. The third-order valence-corrected chi connectivity index (χ3v) is 6.17. The number of rotatable bonds is 5. The smallest absolute Gasteiger partial charge is 0.254 e. The maximum absolute atomic E-state index is 13.4. The van der Waals surface area contributed by atoms with Crippen LogP contribution in [0.4, 0.5) is 5.69 Å². The van der Waals surface area contributed by atoms with Crippen molar-refractivity contribution in [3.63, 3.8) is 0 Å². The van der Waals surface area contributed by atoms with Gasteiger partial charge in [-0.05, 0) is 56.0 Å². The average Bonchev–Trinajstić information content (AvgIpc) is 3.25. The molecule has 0 aliphatic carbocycles. The van der Waals surface area contributed by atoms with Crippen molar-refractivity contribution in [3.8, 4) is 0 Å². The van der Waals surface area contributed by atoms with Crippen molar-refractivity contribution in [3.05, 3.63) is 64.7 Å². The van der Waals surface area contributed by atoms with Gasteiger partial charge in [-0.1, -0.05) is 29.8 Å². The zero-order chi connectivity index (χ0) is 21.8. The first kappa shape index (κ1) is 21.5. The van der Waals surface area contributed by atoms with Crippen molar-refractivity contribution in [1.82, 2.24) is 9.80 Å². The molecule has 2 heterocycles. The number of morpholine rings is 1. The highest BCUT2D eigenvalue weighted by atomic mass is 16.5. The highest BCUT2D eigenvalue weighted by molar-refractivity contribution is 5.98. The summed E-state index contributed by atoms with van der Waals surface area (Å²) in [6, 6.07) is 13.8. The van der Waals surface area contributed by atoms with E-state index in [0.717, 1.165) is 32.5 Å². The van der Waals surface area contributed by atoms with Crippen molar-refractivity contribution in [2.45, 2.75) is 32.7 Å². The largest absolute Gasteiger partial charge is 0.379 e. The quantitative estimate of drug-likeness (QED) is 0.802. The Labute approximate surface area is 184 Å². The fraction of sp³-hybridized carbons (Fsp3) is 0.440. The first-order valence-electron chi connectivity index (χ1n) is 11.1. The molecule has 0 spiro atoms. The van der Waals surface area contributed by atoms with Gasteiger partial charge in [-0.3, -0.25) is 14.5 Å². The van der Waals surface area contributed by atoms with Crippen LogP contribution in [-0.4, -0.2) is 61.0 Å². The summed E-state index contributed by atoms with van der Waals surface area (Å²) in [4.78, 5) is 29.9. The van der Waals surface area contributed by atoms with E-state index in [1.54, 1.807) is 6.07 Å². The Morgan fingerprint density at radius 3 is 2.68 bits per heavy atom. The zero-order valence-corrected chi connectivity index (χ0v) is 18.4. The predicted molar refractivity (Wildman–Crippen MR) is 121 cm³/mol. The molecule has 6 heteroatoms. The molecule has 31 heavy (non-hydrogen) atoms. The highest BCUT2D eigenvalue weighted by Crippen LogP contribution is 2.35. The summed E-state index contributed by atoms with van der Waals surface area (Å²) in [5, 5.41) is 2.94. The summed E-state index contributed by atoms with van der Waals surface area (Å²) in [7, 11) is 0. The van der Waals surface area contributed by atoms with Gasteiger partial charge in [0.1, 0.15) is 0 Å². The van der Waals surface area contributed by atoms with Gasteiger partial charge in [-0.15, -0.1) is 0 Å². The minimum atomic E-state index is -0.0686. The molecule has 164 valence electrons. The number of carbonyl (C=O) groups is 2. The third-order valence-electron chi connectivity index (χ3n) is 6.17. The van der Waals surface area contributed by atoms with E-state index in [2.05, 4.69) is 42.3 Å². The number of anilines is 1. The monoisotopic (exact) mass is 421 g/mol. The van der Waals surface area contributed by atoms with Crippen molar-refractivity contribution >= 4 is 17.5 Å². The highest BCUT2D eigenvalue weighted by Gasteiger charge is 2.31. The molecule has 2 amide bonds. The molecule has 2 fully saturated rings. The number of nitrogens with one attached hydrogen (secondary N) is 1. The normalized spacial score (nSPS) is 19.4. The van der Waals surface area contributed by atoms with E-state index in [4.69, 9.17) is 4.74 Å². The summed E-state index contributed by atoms with van der Waals surface area (Å²) in [5.74, 6) is -0.0476. The lowest BCUT2D eigenvalue weighted by molar-refractivity contribution is -0.118. The second-order valence-corrected chi connectivity index (χ2v) is 8.53. The third kappa shape index (κ3) is 5.14. The molecule has 2 saturated heterocycles. The summed E-state index contributed by atoms with van der Waals surface area (Å²) in [6.07, 6.45) is 1.98. The van der Waals surface area contributed by atoms with Crippen molar-refractivity contribution in [2.24, 2.45) is 0 Å². The van der Waals surface area contributed by atoms with E-state index in [1.807, 2.05) is 23.1 Å². The number of amides is 2. The lowest BCUT2D eigenvalue weighted by Gasteiger charge is -2.27. The average molecular weight is 422 g/mol. The SMILES string of the molecule is Cc1ccc(C)c([C@H]2CCCN2C(=O)c2cccc(NC(=O)CN3CCOCC3)c2)c1. The Morgan fingerprint density at radius 1 is 1.06 bits per heavy atom. The van der Waals surface area contributed by atoms with Crippen LogP contribution < -0.4 is 5.32 Å². The molecular formula is C25H31N3O3. The van der Waals surface area contributed by atoms with Crippen LogP contribution in [0.2, 0.25) is 0 Å². The first-order chi connectivity index (χ1) is 15.0. The Kier molecular flexibility index (Phi) is 6.68. The Balaban J connectivity index is 1.46. The van der Waals surface area contributed by atoms with Crippen LogP contribution in [-0.2, 0) is 9.53 Å². The van der Waals surface area contributed by atoms with Gasteiger partial charge in [0.25, 0.3) is 5.91 Å². The molecule has 1 atom stereocenters. The van der Waals surface area contributed by atoms with Crippen LogP contribution in [0.3, 0.4) is 0 Å². The Morgan fingerprint density at radius 2 is 1.87 bits per heavy atom. The van der Waals surface area contributed by atoms with Crippen molar-refractivity contribution in [1.29, 1.82) is 0 Å². The van der Waals surface area contributed by atoms with E-state index in [1.165, 1.54) is 16.7 Å². The molecular weight excluding hydrogens is 390 g/mol. The minimum absolute atomic E-state index is 0.0210. The zero-order valence-electron chi connectivity index (χ0n) is 18.4. The van der Waals surface area contributed by atoms with Crippen LogP contribution in [0.5, 0.6) is 0 Å². The lowest BCUT2D eigenvalue weighted by Crippen LogP contribution is -2.41. The topological polar surface area (TPSA) is 61.9 Å². The number of hydrogen-bond donors (Lipinski definition) is 1. The maximum Gasteiger partial charge on any atom is 0.254 e. The van der Waals surface area contributed by atoms with E-state index in [-0.39, 0.29) is 17.9 Å². The molecule has 0 bridgehead atoms. The molecule has 2 aromatic carbocycles. The molecule has 2 aliphatic rings. The molecule has 0 radical (unpaired) electrons. The molecule has 6 nitrogen and oxygen atoms in total. The van der Waals surface area contributed by atoms with Crippen molar-refractivity contribution < 1.29 is 14.3 Å². The second-order valence-electron chi connectivity index (χ2n) is 8.53. The number of aryl methyl sites for hydroxylation is 2. The number of benzene rings is 2. The molecule has 0 saturated carbocycles. The molecule has 1 N–H and O–H groups in total. The maximum atomic E-state index is 13.4. The molecule has 2 aliphatic heterocycles. The second kappa shape index (κ2) is 9.62. The van der Waals surface area contributed by atoms with E-state index in [9.17, 15) is 9.59 Å². The Hall–Kier alpha value is -2.70. The van der Waals surface area contributed by atoms with E-state index < -0.39 is 0 Å². The van der Waals surface area contributed by atoms with Gasteiger partial charge < -0.3 is 15.0 Å². The van der Waals surface area contributed by atoms with Crippen LogP contribution >= 0.6 is 0 Å². The number of likely N-dealkylation sites (tertiary alicyclic amines) is 1. The summed E-state index contributed by atoms with van der Waals surface area (Å²) < 4.78 is 5.33. The fourth-order valence-electron chi connectivity index (χ4n) is 4.51. The standard InChI is InChI=1S/C25H31N3O3/c1-18-8-9-19(2)22(15-18)23-7-4-10-28(23)25(30)20-5-3-6-21(16-20)26-24(29)17-27-11-13-31-14-12-27/h3,5-6,8-9,15-16,23H,4,7,10-14,17H2,1-2H3,(H,26,29)/t23-/m1/s1. The summed E-state index contributed by atoms with van der Waals surface area (Å²) >= 11 is 0. The van der Waals surface area contributed by atoms with Crippen LogP contribution in [0.25, 0.3) is 0 Å². The van der Waals surface area contributed by atoms with Crippen LogP contribution in [0.1, 0.15) is 45.9 Å². The van der Waals surface area contributed by atoms with Gasteiger partial charge in [0, 0.05) is 30.9 Å². The van der Waals surface area contributed by atoms with Crippen LogP contribution in [0.15, 0.2) is 42.5 Å². The van der Waals surface area contributed by atoms with Gasteiger partial charge in [-0.25, -0.2) is 0 Å². The number of carbonyl (C=O) groups excluding carboxylic acids is 2. The van der Waals surface area contributed by atoms with Gasteiger partial charge >= 0.3 is 0 Å². The van der Waals surface area contributed by atoms with E-state index in [0.29, 0.717) is 31.0 Å². The van der Waals surface area contributed by atoms with Gasteiger partial charge in [0.05, 0.1) is 25.8 Å². The fourth-order valence-corrected chi connectivity index (χ4v) is 4.51. The van der Waals surface area contributed by atoms with Crippen molar-refractivity contribution in [2.75, 3.05) is 44.7 Å².